The summed E-state index contributed by atoms with van der Waals surface area (Å²) in [5.74, 6) is 1.28. The van der Waals surface area contributed by atoms with Gasteiger partial charge in [0, 0.05) is 6.54 Å². The summed E-state index contributed by atoms with van der Waals surface area (Å²) in [6, 6.07) is -0.586. The van der Waals surface area contributed by atoms with E-state index in [1.54, 1.807) is 4.90 Å². The van der Waals surface area contributed by atoms with Crippen LogP contribution in [0.2, 0.25) is 0 Å². The number of carbonyl (C=O) groups excluding carboxylic acids is 2. The van der Waals surface area contributed by atoms with Gasteiger partial charge in [-0.05, 0) is 37.7 Å². The van der Waals surface area contributed by atoms with Crippen LogP contribution in [0.15, 0.2) is 0 Å². The normalized spacial score (nSPS) is 23.6. The molecular formula is C14H26N2O2S. The molecule has 5 heteroatoms. The number of hydrogen-bond donors (Lipinski definition) is 1. The number of rotatable bonds is 8. The lowest BCUT2D eigenvalue weighted by Gasteiger charge is -2.38. The predicted octanol–water partition coefficient (Wildman–Crippen LogP) is 2.04. The van der Waals surface area contributed by atoms with E-state index in [0.29, 0.717) is 12.8 Å². The molecule has 1 rings (SSSR count). The SMILES string of the molecule is CCC1NC(=O)C(CC)N(CCCCCSC)C1=O. The Balaban J connectivity index is 2.53. The smallest absolute Gasteiger partial charge is 0.245 e. The van der Waals surface area contributed by atoms with E-state index in [4.69, 9.17) is 0 Å². The standard InChI is InChI=1S/C14H26N2O2S/c1-4-11-14(18)16(9-7-6-8-10-19-3)12(5-2)13(17)15-11/h11-12H,4-10H2,1-3H3,(H,15,17). The minimum atomic E-state index is -0.318. The Kier molecular flexibility index (Phi) is 7.28. The molecule has 0 aromatic rings. The molecule has 0 spiro atoms. The van der Waals surface area contributed by atoms with Gasteiger partial charge in [0.2, 0.25) is 11.8 Å². The van der Waals surface area contributed by atoms with E-state index >= 15 is 0 Å². The largest absolute Gasteiger partial charge is 0.343 e. The quantitative estimate of drug-likeness (QED) is 0.695. The zero-order valence-corrected chi connectivity index (χ0v) is 13.1. The molecule has 2 atom stereocenters. The third-order valence-electron chi connectivity index (χ3n) is 3.62. The molecule has 1 saturated heterocycles. The van der Waals surface area contributed by atoms with Crippen LogP contribution < -0.4 is 5.32 Å². The molecular weight excluding hydrogens is 260 g/mol. The average molecular weight is 286 g/mol. The number of hydrogen-bond acceptors (Lipinski definition) is 3. The van der Waals surface area contributed by atoms with Crippen LogP contribution in [0.4, 0.5) is 0 Å². The number of nitrogens with one attached hydrogen (secondary N) is 1. The van der Waals surface area contributed by atoms with Crippen LogP contribution in [0.1, 0.15) is 46.0 Å². The first-order valence-electron chi connectivity index (χ1n) is 7.25. The first-order valence-corrected chi connectivity index (χ1v) is 8.64. The third-order valence-corrected chi connectivity index (χ3v) is 4.32. The van der Waals surface area contributed by atoms with Crippen LogP contribution in [0.25, 0.3) is 0 Å². The van der Waals surface area contributed by atoms with Crippen LogP contribution in [0, 0.1) is 0 Å². The monoisotopic (exact) mass is 286 g/mol. The van der Waals surface area contributed by atoms with Crippen LogP contribution in [0.3, 0.4) is 0 Å². The van der Waals surface area contributed by atoms with Gasteiger partial charge in [0.15, 0.2) is 0 Å². The van der Waals surface area contributed by atoms with Crippen LogP contribution in [-0.4, -0.2) is 47.4 Å². The third kappa shape index (κ3) is 4.41. The lowest BCUT2D eigenvalue weighted by atomic mass is 10.0. The molecule has 0 radical (unpaired) electrons. The molecule has 2 amide bonds. The van der Waals surface area contributed by atoms with E-state index in [-0.39, 0.29) is 23.9 Å². The Labute approximate surface area is 120 Å². The number of carbonyl (C=O) groups is 2. The maximum absolute atomic E-state index is 12.3. The first-order chi connectivity index (χ1) is 9.15. The molecule has 1 N–H and O–H groups in total. The summed E-state index contributed by atoms with van der Waals surface area (Å²) < 4.78 is 0. The topological polar surface area (TPSA) is 49.4 Å². The molecule has 19 heavy (non-hydrogen) atoms. The fraction of sp³-hybridized carbons (Fsp3) is 0.857. The minimum absolute atomic E-state index is 0.0121. The number of thioether (sulfide) groups is 1. The molecule has 4 nitrogen and oxygen atoms in total. The van der Waals surface area contributed by atoms with E-state index in [0.717, 1.165) is 19.4 Å². The van der Waals surface area contributed by atoms with Gasteiger partial charge in [0.25, 0.3) is 0 Å². The molecule has 1 heterocycles. The molecule has 110 valence electrons. The molecule has 2 unspecified atom stereocenters. The summed E-state index contributed by atoms with van der Waals surface area (Å²) in [7, 11) is 0. The Morgan fingerprint density at radius 2 is 1.89 bits per heavy atom. The van der Waals surface area contributed by atoms with Gasteiger partial charge in [-0.1, -0.05) is 20.3 Å². The zero-order chi connectivity index (χ0) is 14.3. The van der Waals surface area contributed by atoms with E-state index in [2.05, 4.69) is 11.6 Å². The minimum Gasteiger partial charge on any atom is -0.343 e. The molecule has 0 aliphatic carbocycles. The summed E-state index contributed by atoms with van der Waals surface area (Å²) in [6.07, 6.45) is 6.77. The van der Waals surface area contributed by atoms with E-state index < -0.39 is 0 Å². The highest BCUT2D eigenvalue weighted by atomic mass is 32.2. The molecule has 0 bridgehead atoms. The molecule has 1 fully saturated rings. The highest BCUT2D eigenvalue weighted by Crippen LogP contribution is 2.16. The van der Waals surface area contributed by atoms with Gasteiger partial charge in [-0.2, -0.15) is 11.8 Å². The predicted molar refractivity (Wildman–Crippen MR) is 80.2 cm³/mol. The summed E-state index contributed by atoms with van der Waals surface area (Å²) >= 11 is 1.85. The van der Waals surface area contributed by atoms with Gasteiger partial charge in [-0.3, -0.25) is 9.59 Å². The first kappa shape index (κ1) is 16.3. The second-order valence-electron chi connectivity index (χ2n) is 4.98. The van der Waals surface area contributed by atoms with Crippen molar-refractivity contribution in [3.63, 3.8) is 0 Å². The van der Waals surface area contributed by atoms with Crippen LogP contribution >= 0.6 is 11.8 Å². The fourth-order valence-electron chi connectivity index (χ4n) is 2.48. The molecule has 1 aliphatic heterocycles. The summed E-state index contributed by atoms with van der Waals surface area (Å²) in [5.41, 5.74) is 0. The van der Waals surface area contributed by atoms with Crippen LogP contribution in [-0.2, 0) is 9.59 Å². The van der Waals surface area contributed by atoms with E-state index in [1.807, 2.05) is 25.6 Å². The van der Waals surface area contributed by atoms with E-state index in [9.17, 15) is 9.59 Å². The van der Waals surface area contributed by atoms with Gasteiger partial charge in [-0.25, -0.2) is 0 Å². The lowest BCUT2D eigenvalue weighted by Crippen LogP contribution is -2.63. The molecule has 0 aromatic heterocycles. The van der Waals surface area contributed by atoms with Crippen molar-refractivity contribution in [1.29, 1.82) is 0 Å². The number of unbranched alkanes of at least 4 members (excludes halogenated alkanes) is 2. The lowest BCUT2D eigenvalue weighted by molar-refractivity contribution is -0.149. The van der Waals surface area contributed by atoms with Crippen molar-refractivity contribution in [1.82, 2.24) is 10.2 Å². The van der Waals surface area contributed by atoms with Crippen molar-refractivity contribution in [2.75, 3.05) is 18.6 Å². The molecule has 0 saturated carbocycles. The Morgan fingerprint density at radius 3 is 2.47 bits per heavy atom. The Morgan fingerprint density at radius 1 is 1.16 bits per heavy atom. The van der Waals surface area contributed by atoms with Crippen molar-refractivity contribution in [3.8, 4) is 0 Å². The van der Waals surface area contributed by atoms with Crippen molar-refractivity contribution in [2.24, 2.45) is 0 Å². The van der Waals surface area contributed by atoms with Gasteiger partial charge in [0.05, 0.1) is 0 Å². The maximum atomic E-state index is 12.3. The number of amides is 2. The summed E-state index contributed by atoms with van der Waals surface area (Å²) in [5, 5.41) is 2.82. The highest BCUT2D eigenvalue weighted by Gasteiger charge is 2.38. The maximum Gasteiger partial charge on any atom is 0.245 e. The molecule has 1 aliphatic rings. The number of piperazine rings is 1. The Hall–Kier alpha value is -0.710. The van der Waals surface area contributed by atoms with Crippen LogP contribution in [0.5, 0.6) is 0 Å². The summed E-state index contributed by atoms with van der Waals surface area (Å²) in [6.45, 7) is 4.62. The zero-order valence-electron chi connectivity index (χ0n) is 12.3. The fourth-order valence-corrected chi connectivity index (χ4v) is 2.97. The van der Waals surface area contributed by atoms with Gasteiger partial charge >= 0.3 is 0 Å². The Bertz CT molecular complexity index is 310. The second-order valence-corrected chi connectivity index (χ2v) is 5.96. The number of nitrogens with zero attached hydrogens (tertiary/aromatic N) is 1. The second kappa shape index (κ2) is 8.46. The van der Waals surface area contributed by atoms with Crippen molar-refractivity contribution >= 4 is 23.6 Å². The van der Waals surface area contributed by atoms with Gasteiger partial charge < -0.3 is 10.2 Å². The molecule has 0 aromatic carbocycles. The van der Waals surface area contributed by atoms with Crippen molar-refractivity contribution < 1.29 is 9.59 Å². The van der Waals surface area contributed by atoms with E-state index in [1.165, 1.54) is 12.2 Å². The van der Waals surface area contributed by atoms with Gasteiger partial charge in [-0.15, -0.1) is 0 Å². The summed E-state index contributed by atoms with van der Waals surface area (Å²) in [4.78, 5) is 26.1. The van der Waals surface area contributed by atoms with Crippen molar-refractivity contribution in [2.45, 2.75) is 58.0 Å². The average Bonchev–Trinajstić information content (AvgIpc) is 2.41. The highest BCUT2D eigenvalue weighted by molar-refractivity contribution is 7.98. The van der Waals surface area contributed by atoms with Crippen molar-refractivity contribution in [3.05, 3.63) is 0 Å². The van der Waals surface area contributed by atoms with Gasteiger partial charge in [0.1, 0.15) is 12.1 Å².